The number of hydrogen-bond acceptors (Lipinski definition) is 9. The van der Waals surface area contributed by atoms with Crippen molar-refractivity contribution in [1.82, 2.24) is 19.9 Å². The summed E-state index contributed by atoms with van der Waals surface area (Å²) in [6.45, 7) is 4.93. The Morgan fingerprint density at radius 2 is 2.02 bits per heavy atom. The number of nitrogens with zero attached hydrogens (tertiary/aromatic N) is 6. The maximum Gasteiger partial charge on any atom is 0.318 e. The molecule has 3 fully saturated rings. The van der Waals surface area contributed by atoms with Crippen LogP contribution in [0.5, 0.6) is 11.8 Å². The molecule has 0 saturated carbocycles. The zero-order valence-corrected chi connectivity index (χ0v) is 25.3. The molecule has 3 saturated heterocycles. The molecular weight excluding hydrogens is 585 g/mol. The first-order chi connectivity index (χ1) is 21.8. The largest absolute Gasteiger partial charge is 0.508 e. The number of rotatable bonds is 5. The summed E-state index contributed by atoms with van der Waals surface area (Å²) in [6, 6.07) is 8.46. The van der Waals surface area contributed by atoms with E-state index in [1.54, 1.807) is 6.07 Å². The van der Waals surface area contributed by atoms with E-state index in [0.29, 0.717) is 66.2 Å². The number of morpholine rings is 1. The van der Waals surface area contributed by atoms with E-state index in [2.05, 4.69) is 25.9 Å². The molecule has 1 N–H and O–H groups in total. The second-order valence-corrected chi connectivity index (χ2v) is 11.6. The van der Waals surface area contributed by atoms with E-state index in [-0.39, 0.29) is 41.1 Å². The number of halogens is 3. The molecule has 0 bridgehead atoms. The Morgan fingerprint density at radius 3 is 2.78 bits per heavy atom. The number of pyridine rings is 1. The SMILES string of the molecule is CCc1c(F)ccc2cc(O)cc(-c3ncc4c(N5CCOC(CC#N)C5)nc(OC)nc4c3F)c12.FC1CC2CCCN2C1. The number of phenolic OH excluding ortho intramolecular Hbond substituents is 1. The first kappa shape index (κ1) is 30.8. The molecule has 0 spiro atoms. The topological polar surface area (TPSA) is 108 Å². The summed E-state index contributed by atoms with van der Waals surface area (Å²) < 4.78 is 54.3. The van der Waals surface area contributed by atoms with Crippen LogP contribution in [0, 0.1) is 23.0 Å². The van der Waals surface area contributed by atoms with Gasteiger partial charge < -0.3 is 19.5 Å². The highest BCUT2D eigenvalue weighted by Crippen LogP contribution is 2.39. The highest BCUT2D eigenvalue weighted by Gasteiger charge is 2.34. The van der Waals surface area contributed by atoms with E-state index in [0.717, 1.165) is 13.0 Å². The second-order valence-electron chi connectivity index (χ2n) is 11.6. The van der Waals surface area contributed by atoms with Gasteiger partial charge in [0.1, 0.15) is 34.8 Å². The van der Waals surface area contributed by atoms with Crippen LogP contribution in [0.25, 0.3) is 32.9 Å². The fraction of sp³-hybridized carbons (Fsp3) is 0.455. The van der Waals surface area contributed by atoms with Gasteiger partial charge >= 0.3 is 6.01 Å². The lowest BCUT2D eigenvalue weighted by Crippen LogP contribution is -2.43. The van der Waals surface area contributed by atoms with Gasteiger partial charge in [-0.1, -0.05) is 13.0 Å². The standard InChI is InChI=1S/C26H23F2N5O3.C7H12FN/c1-3-17-20(27)5-4-14-10-15(34)11-18(21(14)17)23-22(28)24-19(12-30-23)25(32-26(31-24)35-2)33-8-9-36-16(13-33)6-7-29;8-6-4-7-2-1-3-9(7)5-6/h4-5,10-12,16,34H,3,6,8-9,13H2,1-2H3;6-7H,1-5H2. The highest BCUT2D eigenvalue weighted by molar-refractivity contribution is 6.01. The molecule has 4 aromatic rings. The number of methoxy groups -OCH3 is 1. The molecule has 0 aliphatic carbocycles. The van der Waals surface area contributed by atoms with Crippen molar-refractivity contribution in [1.29, 1.82) is 5.26 Å². The van der Waals surface area contributed by atoms with Gasteiger partial charge in [-0.3, -0.25) is 9.88 Å². The van der Waals surface area contributed by atoms with Crippen LogP contribution in [0.15, 0.2) is 30.5 Å². The highest BCUT2D eigenvalue weighted by atomic mass is 19.1. The molecule has 3 aliphatic rings. The maximum atomic E-state index is 16.1. The Morgan fingerprint density at radius 1 is 1.18 bits per heavy atom. The van der Waals surface area contributed by atoms with Gasteiger partial charge in [0.2, 0.25) is 0 Å². The fourth-order valence-electron chi connectivity index (χ4n) is 6.74. The van der Waals surface area contributed by atoms with Gasteiger partial charge in [-0.2, -0.15) is 15.2 Å². The summed E-state index contributed by atoms with van der Waals surface area (Å²) >= 11 is 0. The van der Waals surface area contributed by atoms with E-state index < -0.39 is 17.8 Å². The first-order valence-corrected chi connectivity index (χ1v) is 15.3. The van der Waals surface area contributed by atoms with Crippen LogP contribution in [0.2, 0.25) is 0 Å². The third-order valence-corrected chi connectivity index (χ3v) is 8.80. The van der Waals surface area contributed by atoms with Gasteiger partial charge in [-0.05, 0) is 66.8 Å². The molecule has 7 rings (SSSR count). The van der Waals surface area contributed by atoms with Gasteiger partial charge in [0.05, 0.1) is 37.7 Å². The number of anilines is 1. The predicted octanol–water partition coefficient (Wildman–Crippen LogP) is 5.71. The van der Waals surface area contributed by atoms with Crippen LogP contribution >= 0.6 is 0 Å². The smallest absolute Gasteiger partial charge is 0.318 e. The first-order valence-electron chi connectivity index (χ1n) is 15.3. The summed E-state index contributed by atoms with van der Waals surface area (Å²) in [5, 5.41) is 20.8. The number of aromatic nitrogens is 3. The molecule has 236 valence electrons. The van der Waals surface area contributed by atoms with Crippen LogP contribution < -0.4 is 9.64 Å². The Kier molecular flexibility index (Phi) is 8.92. The Labute approximate surface area is 259 Å². The third kappa shape index (κ3) is 6.07. The molecule has 2 aromatic carbocycles. The number of alkyl halides is 1. The van der Waals surface area contributed by atoms with Crippen LogP contribution in [0.1, 0.15) is 38.2 Å². The minimum atomic E-state index is -0.741. The predicted molar refractivity (Wildman–Crippen MR) is 164 cm³/mol. The van der Waals surface area contributed by atoms with E-state index in [4.69, 9.17) is 14.7 Å². The quantitative estimate of drug-likeness (QED) is 0.300. The lowest BCUT2D eigenvalue weighted by Gasteiger charge is -2.33. The molecular formula is C33H35F3N6O3. The number of phenols is 1. The second kappa shape index (κ2) is 13.0. The fourth-order valence-corrected chi connectivity index (χ4v) is 6.74. The van der Waals surface area contributed by atoms with Gasteiger partial charge in [-0.25, -0.2) is 13.2 Å². The number of nitriles is 1. The molecule has 0 amide bonds. The molecule has 3 aliphatic heterocycles. The van der Waals surface area contributed by atoms with Crippen molar-refractivity contribution >= 4 is 27.5 Å². The van der Waals surface area contributed by atoms with Gasteiger partial charge in [0.25, 0.3) is 0 Å². The van der Waals surface area contributed by atoms with E-state index in [9.17, 15) is 13.9 Å². The monoisotopic (exact) mass is 620 g/mol. The number of aromatic hydroxyl groups is 1. The van der Waals surface area contributed by atoms with Crippen LogP contribution in [-0.2, 0) is 11.2 Å². The molecule has 5 heterocycles. The molecule has 2 aromatic heterocycles. The normalized spacial score (nSPS) is 21.4. The summed E-state index contributed by atoms with van der Waals surface area (Å²) in [5.74, 6) is -0.828. The summed E-state index contributed by atoms with van der Waals surface area (Å²) in [6.07, 6.45) is 4.56. The van der Waals surface area contributed by atoms with Crippen molar-refractivity contribution in [3.63, 3.8) is 0 Å². The molecule has 9 nitrogen and oxygen atoms in total. The Bertz CT molecular complexity index is 1750. The van der Waals surface area contributed by atoms with Crippen molar-refractivity contribution in [2.24, 2.45) is 0 Å². The van der Waals surface area contributed by atoms with Gasteiger partial charge in [0.15, 0.2) is 5.82 Å². The van der Waals surface area contributed by atoms with E-state index in [1.165, 1.54) is 44.3 Å². The van der Waals surface area contributed by atoms with Crippen molar-refractivity contribution in [2.45, 2.75) is 57.3 Å². The molecule has 12 heteroatoms. The number of fused-ring (bicyclic) bond motifs is 3. The molecule has 0 radical (unpaired) electrons. The van der Waals surface area contributed by atoms with Gasteiger partial charge in [-0.15, -0.1) is 0 Å². The molecule has 45 heavy (non-hydrogen) atoms. The van der Waals surface area contributed by atoms with Crippen molar-refractivity contribution in [3.8, 4) is 29.1 Å². The van der Waals surface area contributed by atoms with Gasteiger partial charge in [0, 0.05) is 37.4 Å². The third-order valence-electron chi connectivity index (χ3n) is 8.80. The number of benzene rings is 2. The Balaban J connectivity index is 0.000000337. The minimum Gasteiger partial charge on any atom is -0.508 e. The van der Waals surface area contributed by atoms with Crippen molar-refractivity contribution in [3.05, 3.63) is 47.7 Å². The average Bonchev–Trinajstić information content (AvgIpc) is 3.62. The number of aryl methyl sites for hydroxylation is 1. The summed E-state index contributed by atoms with van der Waals surface area (Å²) in [4.78, 5) is 17.3. The van der Waals surface area contributed by atoms with Crippen molar-refractivity contribution < 1.29 is 27.8 Å². The van der Waals surface area contributed by atoms with Crippen LogP contribution in [0.4, 0.5) is 19.0 Å². The minimum absolute atomic E-state index is 0.0175. The lowest BCUT2D eigenvalue weighted by atomic mass is 9.94. The maximum absolute atomic E-state index is 16.1. The summed E-state index contributed by atoms with van der Waals surface area (Å²) in [5.41, 5.74) is 0.581. The molecule has 3 unspecified atom stereocenters. The Hall–Kier alpha value is -4.21. The summed E-state index contributed by atoms with van der Waals surface area (Å²) in [7, 11) is 1.39. The van der Waals surface area contributed by atoms with Crippen LogP contribution in [0.3, 0.4) is 0 Å². The van der Waals surface area contributed by atoms with Crippen molar-refractivity contribution in [2.75, 3.05) is 44.8 Å². The van der Waals surface area contributed by atoms with Crippen LogP contribution in [-0.4, -0.2) is 83.2 Å². The van der Waals surface area contributed by atoms with E-state index in [1.807, 2.05) is 11.8 Å². The number of hydrogen-bond donors (Lipinski definition) is 1. The average molecular weight is 621 g/mol. The zero-order valence-electron chi connectivity index (χ0n) is 25.3. The number of ether oxygens (including phenoxy) is 2. The zero-order chi connectivity index (χ0) is 31.7. The molecule has 3 atom stereocenters. The van der Waals surface area contributed by atoms with E-state index >= 15 is 4.39 Å². The lowest BCUT2D eigenvalue weighted by molar-refractivity contribution is 0.0436.